The van der Waals surface area contributed by atoms with Gasteiger partial charge in [-0.05, 0) is 38.8 Å². The zero-order valence-corrected chi connectivity index (χ0v) is 13.0. The predicted molar refractivity (Wildman–Crippen MR) is 80.7 cm³/mol. The van der Waals surface area contributed by atoms with Crippen molar-refractivity contribution in [1.82, 2.24) is 30.5 Å². The number of amides is 1. The Hall–Kier alpha value is -2.51. The van der Waals surface area contributed by atoms with Crippen LogP contribution in [-0.4, -0.2) is 37.6 Å². The van der Waals surface area contributed by atoms with Crippen molar-refractivity contribution in [3.63, 3.8) is 0 Å². The van der Waals surface area contributed by atoms with Gasteiger partial charge in [0.15, 0.2) is 5.82 Å². The molecule has 0 saturated carbocycles. The third-order valence-corrected chi connectivity index (χ3v) is 3.50. The summed E-state index contributed by atoms with van der Waals surface area (Å²) in [7, 11) is 0. The van der Waals surface area contributed by atoms with Crippen LogP contribution in [0.2, 0.25) is 0 Å². The molecular weight excluding hydrogens is 284 g/mol. The Bertz CT molecular complexity index is 705. The summed E-state index contributed by atoms with van der Waals surface area (Å²) in [5.41, 5.74) is 1.53. The Labute approximate surface area is 127 Å². The molecule has 118 valence electrons. The fourth-order valence-electron chi connectivity index (χ4n) is 2.42. The first kappa shape index (κ1) is 15.9. The number of rotatable bonds is 6. The Balaban J connectivity index is 2.02. The Morgan fingerprint density at radius 3 is 2.82 bits per heavy atom. The van der Waals surface area contributed by atoms with Crippen molar-refractivity contribution in [2.75, 3.05) is 6.54 Å². The number of aromatic nitrogens is 5. The smallest absolute Gasteiger partial charge is 0.263 e. The molecule has 0 bridgehead atoms. The molecule has 0 saturated heterocycles. The van der Waals surface area contributed by atoms with Crippen LogP contribution in [0.4, 0.5) is 0 Å². The molecule has 0 radical (unpaired) electrons. The van der Waals surface area contributed by atoms with Crippen LogP contribution in [0, 0.1) is 13.8 Å². The SMILES string of the molecule is CCn1c(C)cc(C)c(C(=O)NCCCc2nn[nH]n2)c1=O. The van der Waals surface area contributed by atoms with Gasteiger partial charge in [0.1, 0.15) is 5.56 Å². The van der Waals surface area contributed by atoms with E-state index in [0.29, 0.717) is 37.3 Å². The van der Waals surface area contributed by atoms with Gasteiger partial charge in [0.25, 0.3) is 11.5 Å². The average Bonchev–Trinajstić information content (AvgIpc) is 2.96. The van der Waals surface area contributed by atoms with Crippen LogP contribution in [0.5, 0.6) is 0 Å². The molecule has 2 aromatic heterocycles. The monoisotopic (exact) mass is 304 g/mol. The molecule has 0 aromatic carbocycles. The summed E-state index contributed by atoms with van der Waals surface area (Å²) in [5.74, 6) is 0.270. The Morgan fingerprint density at radius 1 is 1.41 bits per heavy atom. The number of hydrogen-bond donors (Lipinski definition) is 2. The van der Waals surface area contributed by atoms with Gasteiger partial charge in [-0.25, -0.2) is 0 Å². The fraction of sp³-hybridized carbons (Fsp3) is 0.500. The number of nitrogens with zero attached hydrogens (tertiary/aromatic N) is 4. The number of pyridine rings is 1. The standard InChI is InChI=1S/C14H20N6O2/c1-4-20-10(3)8-9(2)12(14(20)22)13(21)15-7-5-6-11-16-18-19-17-11/h8H,4-7H2,1-3H3,(H,15,21)(H,16,17,18,19). The number of carbonyl (C=O) groups excluding carboxylic acids is 1. The molecule has 8 heteroatoms. The van der Waals surface area contributed by atoms with Crippen molar-refractivity contribution in [1.29, 1.82) is 0 Å². The maximum Gasteiger partial charge on any atom is 0.263 e. The Morgan fingerprint density at radius 2 is 2.18 bits per heavy atom. The predicted octanol–water partition coefficient (Wildman–Crippen LogP) is 0.361. The number of aryl methyl sites for hydroxylation is 3. The molecule has 0 aliphatic heterocycles. The molecule has 0 fully saturated rings. The molecule has 0 unspecified atom stereocenters. The number of H-pyrrole nitrogens is 1. The van der Waals surface area contributed by atoms with Crippen LogP contribution in [0.25, 0.3) is 0 Å². The molecule has 2 rings (SSSR count). The minimum atomic E-state index is -0.335. The number of nitrogens with one attached hydrogen (secondary N) is 2. The summed E-state index contributed by atoms with van der Waals surface area (Å²) in [5, 5.41) is 16.3. The summed E-state index contributed by atoms with van der Waals surface area (Å²) >= 11 is 0. The highest BCUT2D eigenvalue weighted by Gasteiger charge is 2.16. The van der Waals surface area contributed by atoms with Gasteiger partial charge >= 0.3 is 0 Å². The van der Waals surface area contributed by atoms with Gasteiger partial charge in [-0.3, -0.25) is 9.59 Å². The first-order valence-electron chi connectivity index (χ1n) is 7.26. The van der Waals surface area contributed by atoms with Crippen LogP contribution in [0.15, 0.2) is 10.9 Å². The van der Waals surface area contributed by atoms with E-state index in [1.54, 1.807) is 11.5 Å². The molecular formula is C14H20N6O2. The second kappa shape index (κ2) is 6.97. The molecule has 2 aromatic rings. The lowest BCUT2D eigenvalue weighted by atomic mass is 10.1. The number of hydrogen-bond acceptors (Lipinski definition) is 5. The number of aromatic amines is 1. The van der Waals surface area contributed by atoms with Crippen molar-refractivity contribution >= 4 is 5.91 Å². The van der Waals surface area contributed by atoms with Crippen LogP contribution in [0.3, 0.4) is 0 Å². The molecule has 0 atom stereocenters. The molecule has 0 aliphatic rings. The quantitative estimate of drug-likeness (QED) is 0.750. The van der Waals surface area contributed by atoms with Crippen LogP contribution in [-0.2, 0) is 13.0 Å². The maximum atomic E-state index is 12.4. The summed E-state index contributed by atoms with van der Waals surface area (Å²) in [4.78, 5) is 24.6. The minimum absolute atomic E-state index is 0.215. The fourth-order valence-corrected chi connectivity index (χ4v) is 2.42. The van der Waals surface area contributed by atoms with Gasteiger partial charge in [-0.15, -0.1) is 10.2 Å². The maximum absolute atomic E-state index is 12.4. The lowest BCUT2D eigenvalue weighted by molar-refractivity contribution is 0.0950. The van der Waals surface area contributed by atoms with Crippen molar-refractivity contribution in [2.24, 2.45) is 0 Å². The normalized spacial score (nSPS) is 10.7. The topological polar surface area (TPSA) is 106 Å². The van der Waals surface area contributed by atoms with E-state index >= 15 is 0 Å². The molecule has 2 heterocycles. The minimum Gasteiger partial charge on any atom is -0.352 e. The first-order valence-corrected chi connectivity index (χ1v) is 7.26. The van der Waals surface area contributed by atoms with Crippen molar-refractivity contribution in [3.8, 4) is 0 Å². The van der Waals surface area contributed by atoms with Crippen molar-refractivity contribution in [2.45, 2.75) is 40.2 Å². The van der Waals surface area contributed by atoms with E-state index < -0.39 is 0 Å². The van der Waals surface area contributed by atoms with E-state index in [0.717, 1.165) is 5.69 Å². The highest BCUT2D eigenvalue weighted by Crippen LogP contribution is 2.06. The summed E-state index contributed by atoms with van der Waals surface area (Å²) in [6.45, 7) is 6.53. The third-order valence-electron chi connectivity index (χ3n) is 3.50. The van der Waals surface area contributed by atoms with E-state index in [9.17, 15) is 9.59 Å². The summed E-state index contributed by atoms with van der Waals surface area (Å²) in [6.07, 6.45) is 1.29. The van der Waals surface area contributed by atoms with Crippen LogP contribution < -0.4 is 10.9 Å². The van der Waals surface area contributed by atoms with Crippen LogP contribution >= 0.6 is 0 Å². The first-order chi connectivity index (χ1) is 10.5. The Kier molecular flexibility index (Phi) is 5.03. The molecule has 0 spiro atoms. The highest BCUT2D eigenvalue weighted by molar-refractivity contribution is 5.95. The zero-order valence-electron chi connectivity index (χ0n) is 13.0. The van der Waals surface area contributed by atoms with Gasteiger partial charge in [0, 0.05) is 25.2 Å². The highest BCUT2D eigenvalue weighted by atomic mass is 16.2. The number of carbonyl (C=O) groups is 1. The molecule has 2 N–H and O–H groups in total. The molecule has 0 aliphatic carbocycles. The van der Waals surface area contributed by atoms with Crippen LogP contribution in [0.1, 0.15) is 40.8 Å². The summed E-state index contributed by atoms with van der Waals surface area (Å²) < 4.78 is 1.60. The van der Waals surface area contributed by atoms with Gasteiger partial charge in [-0.2, -0.15) is 5.21 Å². The average molecular weight is 304 g/mol. The summed E-state index contributed by atoms with van der Waals surface area (Å²) in [6, 6.07) is 1.86. The third kappa shape index (κ3) is 3.38. The van der Waals surface area contributed by atoms with E-state index in [1.807, 2.05) is 19.9 Å². The van der Waals surface area contributed by atoms with Gasteiger partial charge in [0.2, 0.25) is 0 Å². The van der Waals surface area contributed by atoms with E-state index in [2.05, 4.69) is 25.9 Å². The lowest BCUT2D eigenvalue weighted by Crippen LogP contribution is -2.35. The molecule has 8 nitrogen and oxygen atoms in total. The zero-order chi connectivity index (χ0) is 16.1. The van der Waals surface area contributed by atoms with E-state index in [1.165, 1.54) is 0 Å². The second-order valence-corrected chi connectivity index (χ2v) is 5.08. The van der Waals surface area contributed by atoms with Crippen molar-refractivity contribution < 1.29 is 4.79 Å². The molecule has 22 heavy (non-hydrogen) atoms. The van der Waals surface area contributed by atoms with Crippen molar-refractivity contribution in [3.05, 3.63) is 39.1 Å². The van der Waals surface area contributed by atoms with Gasteiger partial charge in [0.05, 0.1) is 0 Å². The lowest BCUT2D eigenvalue weighted by Gasteiger charge is -2.12. The van der Waals surface area contributed by atoms with E-state index in [4.69, 9.17) is 0 Å². The second-order valence-electron chi connectivity index (χ2n) is 5.08. The molecule has 1 amide bonds. The van der Waals surface area contributed by atoms with Gasteiger partial charge < -0.3 is 9.88 Å². The largest absolute Gasteiger partial charge is 0.352 e. The van der Waals surface area contributed by atoms with Gasteiger partial charge in [-0.1, -0.05) is 5.21 Å². The number of tetrazole rings is 1. The van der Waals surface area contributed by atoms with E-state index in [-0.39, 0.29) is 17.0 Å².